The Morgan fingerprint density at radius 2 is 0.769 bits per heavy atom. The van der Waals surface area contributed by atoms with Crippen molar-refractivity contribution in [1.82, 2.24) is 0 Å². The van der Waals surface area contributed by atoms with Gasteiger partial charge in [-0.05, 0) is 54.9 Å². The van der Waals surface area contributed by atoms with Gasteiger partial charge < -0.3 is 0 Å². The van der Waals surface area contributed by atoms with Gasteiger partial charge in [-0.3, -0.25) is 0 Å². The molecule has 39 heavy (non-hydrogen) atoms. The maximum absolute atomic E-state index is 3.91. The first kappa shape index (κ1) is 24.6. The van der Waals surface area contributed by atoms with Gasteiger partial charge in [0.05, 0.1) is 0 Å². The molecule has 0 aliphatic carbocycles. The van der Waals surface area contributed by atoms with E-state index >= 15 is 0 Å². The van der Waals surface area contributed by atoms with Crippen molar-refractivity contribution in [2.24, 2.45) is 0 Å². The highest BCUT2D eigenvalue weighted by Crippen LogP contribution is 2.51. The van der Waals surface area contributed by atoms with Crippen LogP contribution in [0.4, 0.5) is 0 Å². The van der Waals surface area contributed by atoms with Gasteiger partial charge >= 0.3 is 0 Å². The van der Waals surface area contributed by atoms with Gasteiger partial charge in [0.1, 0.15) is 8.80 Å². The summed E-state index contributed by atoms with van der Waals surface area (Å²) in [6.07, 6.45) is 4.20. The van der Waals surface area contributed by atoms with E-state index in [0.29, 0.717) is 0 Å². The molecule has 185 valence electrons. The van der Waals surface area contributed by atoms with Crippen LogP contribution in [0, 0.1) is 0 Å². The van der Waals surface area contributed by atoms with Gasteiger partial charge in [0.25, 0.3) is 0 Å². The maximum Gasteiger partial charge on any atom is 0.150 e. The van der Waals surface area contributed by atoms with Crippen molar-refractivity contribution >= 4 is 42.5 Å². The largest absolute Gasteiger partial charge is 0.150 e. The number of hydrogen-bond donors (Lipinski definition) is 0. The zero-order valence-corrected chi connectivity index (χ0v) is 22.8. The van der Waals surface area contributed by atoms with E-state index in [-0.39, 0.29) is 0 Å². The Morgan fingerprint density at radius 3 is 1.15 bits per heavy atom. The minimum absolute atomic E-state index is 1.13. The monoisotopic (exact) mass is 513 g/mol. The van der Waals surface area contributed by atoms with E-state index < -0.39 is 8.80 Å². The van der Waals surface area contributed by atoms with Crippen LogP contribution in [0.15, 0.2) is 158 Å². The highest BCUT2D eigenvalue weighted by Gasteiger charge is 2.36. The summed E-state index contributed by atoms with van der Waals surface area (Å²) in [6, 6.07) is 52.4. The first-order valence-corrected chi connectivity index (χ1v) is 14.9. The summed E-state index contributed by atoms with van der Waals surface area (Å²) in [5.74, 6) is 0. The van der Waals surface area contributed by atoms with E-state index in [4.69, 9.17) is 0 Å². The van der Waals surface area contributed by atoms with E-state index in [9.17, 15) is 0 Å². The lowest BCUT2D eigenvalue weighted by Crippen LogP contribution is -2.14. The predicted molar refractivity (Wildman–Crippen MR) is 171 cm³/mol. The first-order chi connectivity index (χ1) is 19.3. The molecule has 0 aromatic heterocycles. The summed E-state index contributed by atoms with van der Waals surface area (Å²) in [4.78, 5) is 0. The van der Waals surface area contributed by atoms with Crippen LogP contribution < -0.4 is 0 Å². The van der Waals surface area contributed by atoms with Crippen molar-refractivity contribution in [3.8, 4) is 0 Å². The summed E-state index contributed by atoms with van der Waals surface area (Å²) in [5.41, 5.74) is 12.6. The molecule has 1 heteroatoms. The van der Waals surface area contributed by atoms with Crippen LogP contribution in [-0.4, -0.2) is 8.80 Å². The summed E-state index contributed by atoms with van der Waals surface area (Å²) >= 11 is 0. The molecule has 0 unspecified atom stereocenters. The molecule has 1 aliphatic rings. The molecule has 6 rings (SSSR count). The van der Waals surface area contributed by atoms with Crippen LogP contribution >= 0.6 is 0 Å². The fourth-order valence-corrected chi connectivity index (χ4v) is 8.31. The van der Waals surface area contributed by atoms with Gasteiger partial charge in [-0.1, -0.05) is 170 Å². The summed E-state index contributed by atoms with van der Waals surface area (Å²) in [7, 11) is -1.34. The minimum atomic E-state index is -1.34. The Labute approximate surface area is 233 Å². The van der Waals surface area contributed by atoms with Gasteiger partial charge in [-0.15, -0.1) is 0 Å². The van der Waals surface area contributed by atoms with Crippen LogP contribution in [-0.2, 0) is 0 Å². The van der Waals surface area contributed by atoms with Crippen LogP contribution in [0.3, 0.4) is 0 Å². The van der Waals surface area contributed by atoms with Gasteiger partial charge in [-0.25, -0.2) is 0 Å². The molecule has 0 amide bonds. The highest BCUT2D eigenvalue weighted by atomic mass is 28.3. The zero-order valence-electron chi connectivity index (χ0n) is 21.8. The summed E-state index contributed by atoms with van der Waals surface area (Å²) in [6.45, 7) is 3.91. The molecule has 0 atom stereocenters. The van der Waals surface area contributed by atoms with Crippen molar-refractivity contribution < 1.29 is 0 Å². The van der Waals surface area contributed by atoms with Crippen molar-refractivity contribution in [3.05, 3.63) is 191 Å². The Balaban J connectivity index is 1.66. The standard InChI is InChI=1S/C38H29Si/c1-2-29-23-25-30(26-24-29)27-28-39-37(33-19-11-5-12-20-33)35(31-15-7-3-8-16-31)36(32-17-9-4-10-18-32)38(39)34-21-13-6-14-22-34/h2-28H,1H2/b28-27+. The molecule has 1 aliphatic heterocycles. The zero-order chi connectivity index (χ0) is 26.4. The molecule has 1 radical (unpaired) electrons. The second-order valence-electron chi connectivity index (χ2n) is 9.58. The van der Waals surface area contributed by atoms with Crippen LogP contribution in [0.5, 0.6) is 0 Å². The second kappa shape index (κ2) is 11.3. The first-order valence-electron chi connectivity index (χ1n) is 13.3. The molecule has 5 aromatic rings. The van der Waals surface area contributed by atoms with Crippen molar-refractivity contribution in [3.63, 3.8) is 0 Å². The fourth-order valence-electron chi connectivity index (χ4n) is 5.33. The lowest BCUT2D eigenvalue weighted by molar-refractivity contribution is 1.58. The lowest BCUT2D eigenvalue weighted by atomic mass is 9.89. The number of hydrogen-bond acceptors (Lipinski definition) is 0. The van der Waals surface area contributed by atoms with Gasteiger partial charge in [0, 0.05) is 0 Å². The Kier molecular flexibility index (Phi) is 7.16. The molecule has 0 nitrogen and oxygen atoms in total. The van der Waals surface area contributed by atoms with Gasteiger partial charge in [0.15, 0.2) is 0 Å². The van der Waals surface area contributed by atoms with Crippen LogP contribution in [0.1, 0.15) is 33.4 Å². The van der Waals surface area contributed by atoms with E-state index in [1.807, 2.05) is 6.08 Å². The number of benzene rings is 5. The van der Waals surface area contributed by atoms with Crippen LogP contribution in [0.2, 0.25) is 0 Å². The van der Waals surface area contributed by atoms with Gasteiger partial charge in [0.2, 0.25) is 0 Å². The Morgan fingerprint density at radius 1 is 0.410 bits per heavy atom. The molecule has 0 fully saturated rings. The number of rotatable bonds is 7. The van der Waals surface area contributed by atoms with E-state index in [1.54, 1.807) is 0 Å². The summed E-state index contributed by atoms with van der Waals surface area (Å²) in [5, 5.41) is 2.87. The third-order valence-corrected chi connectivity index (χ3v) is 9.81. The normalized spacial score (nSPS) is 13.8. The third kappa shape index (κ3) is 5.05. The van der Waals surface area contributed by atoms with E-state index in [1.165, 1.54) is 49.4 Å². The quantitative estimate of drug-likeness (QED) is 0.190. The average molecular weight is 514 g/mol. The Bertz CT molecular complexity index is 1560. The SMILES string of the molecule is C=Cc1ccc(/C=C/[Si]2C(c3ccccc3)=C(c3ccccc3)C(c3ccccc3)=C2c2ccccc2)cc1. The molecule has 0 saturated carbocycles. The molecule has 5 aromatic carbocycles. The van der Waals surface area contributed by atoms with E-state index in [0.717, 1.165) is 5.56 Å². The van der Waals surface area contributed by atoms with Crippen molar-refractivity contribution in [2.45, 2.75) is 0 Å². The summed E-state index contributed by atoms with van der Waals surface area (Å²) < 4.78 is 0. The fraction of sp³-hybridized carbons (Fsp3) is 0. The second-order valence-corrected chi connectivity index (χ2v) is 11.7. The topological polar surface area (TPSA) is 0 Å². The molecule has 0 N–H and O–H groups in total. The number of allylic oxidation sites excluding steroid dienone is 2. The van der Waals surface area contributed by atoms with Gasteiger partial charge in [-0.2, -0.15) is 0 Å². The van der Waals surface area contributed by atoms with Crippen LogP contribution in [0.25, 0.3) is 33.7 Å². The Hall–Kier alpha value is -4.72. The van der Waals surface area contributed by atoms with Crippen molar-refractivity contribution in [1.29, 1.82) is 0 Å². The molecule has 0 saturated heterocycles. The third-order valence-electron chi connectivity index (χ3n) is 7.15. The molecule has 0 spiro atoms. The molecule has 1 heterocycles. The van der Waals surface area contributed by atoms with Crippen molar-refractivity contribution in [2.75, 3.05) is 0 Å². The lowest BCUT2D eigenvalue weighted by Gasteiger charge is -2.16. The predicted octanol–water partition coefficient (Wildman–Crippen LogP) is 9.69. The molecular weight excluding hydrogens is 485 g/mol. The van der Waals surface area contributed by atoms with E-state index in [2.05, 4.69) is 164 Å². The average Bonchev–Trinajstić information content (AvgIpc) is 3.37. The molecular formula is C38H29Si. The highest BCUT2D eigenvalue weighted by molar-refractivity contribution is 7.04. The minimum Gasteiger partial charge on any atom is -0.0985 e. The smallest absolute Gasteiger partial charge is 0.0985 e. The molecule has 0 bridgehead atoms. The maximum atomic E-state index is 3.91.